The van der Waals surface area contributed by atoms with Crippen molar-refractivity contribution in [3.05, 3.63) is 30.6 Å². The van der Waals surface area contributed by atoms with Gasteiger partial charge in [-0.05, 0) is 19.1 Å². The highest BCUT2D eigenvalue weighted by molar-refractivity contribution is 5.94. The van der Waals surface area contributed by atoms with E-state index in [-0.39, 0.29) is 5.91 Å². The number of amides is 1. The van der Waals surface area contributed by atoms with E-state index in [0.29, 0.717) is 11.5 Å². The van der Waals surface area contributed by atoms with Gasteiger partial charge in [-0.1, -0.05) is 12.1 Å². The van der Waals surface area contributed by atoms with Crippen molar-refractivity contribution < 1.29 is 9.53 Å². The van der Waals surface area contributed by atoms with E-state index in [4.69, 9.17) is 4.74 Å². The Morgan fingerprint density at radius 2 is 2.33 bits per heavy atom. The number of nitrogens with zero attached hydrogens (tertiary/aromatic N) is 2. The predicted octanol–water partition coefficient (Wildman–Crippen LogP) is 1.45. The number of aromatic amines is 1. The van der Waals surface area contributed by atoms with E-state index in [1.165, 1.54) is 13.4 Å². The van der Waals surface area contributed by atoms with Gasteiger partial charge in [-0.2, -0.15) is 5.10 Å². The Balaban J connectivity index is 2.16. The largest absolute Gasteiger partial charge is 0.372 e. The van der Waals surface area contributed by atoms with Crippen LogP contribution in [0.1, 0.15) is 6.92 Å². The van der Waals surface area contributed by atoms with Gasteiger partial charge in [0.1, 0.15) is 12.4 Å². The first-order valence-electron chi connectivity index (χ1n) is 5.50. The van der Waals surface area contributed by atoms with Crippen LogP contribution in [0.5, 0.6) is 0 Å². The fourth-order valence-corrected chi connectivity index (χ4v) is 1.44. The number of hydrogen-bond acceptors (Lipinski definition) is 4. The fraction of sp³-hybridized carbons (Fsp3) is 0.250. The normalized spacial score (nSPS) is 12.1. The number of rotatable bonds is 4. The van der Waals surface area contributed by atoms with Crippen LogP contribution in [0.15, 0.2) is 30.6 Å². The van der Waals surface area contributed by atoms with Gasteiger partial charge < -0.3 is 10.1 Å². The fourth-order valence-electron chi connectivity index (χ4n) is 1.44. The highest BCUT2D eigenvalue weighted by Gasteiger charge is 2.11. The summed E-state index contributed by atoms with van der Waals surface area (Å²) in [7, 11) is 1.50. The van der Waals surface area contributed by atoms with Gasteiger partial charge in [-0.15, -0.1) is 0 Å². The molecule has 0 aliphatic heterocycles. The molecule has 1 unspecified atom stereocenters. The van der Waals surface area contributed by atoms with E-state index in [1.807, 2.05) is 18.2 Å². The van der Waals surface area contributed by atoms with Gasteiger partial charge in [0.2, 0.25) is 0 Å². The van der Waals surface area contributed by atoms with Crippen LogP contribution in [0.4, 0.5) is 5.69 Å². The highest BCUT2D eigenvalue weighted by atomic mass is 16.5. The summed E-state index contributed by atoms with van der Waals surface area (Å²) in [5, 5.41) is 9.33. The first-order valence-corrected chi connectivity index (χ1v) is 5.50. The van der Waals surface area contributed by atoms with Crippen molar-refractivity contribution in [2.45, 2.75) is 13.0 Å². The molecule has 18 heavy (non-hydrogen) atoms. The average Bonchev–Trinajstić information content (AvgIpc) is 2.92. The Bertz CT molecular complexity index is 525. The monoisotopic (exact) mass is 246 g/mol. The van der Waals surface area contributed by atoms with E-state index >= 15 is 0 Å². The third kappa shape index (κ3) is 2.72. The van der Waals surface area contributed by atoms with Gasteiger partial charge in [-0.3, -0.25) is 9.89 Å². The second-order valence-electron chi connectivity index (χ2n) is 3.78. The molecule has 0 spiro atoms. The minimum atomic E-state index is -0.487. The number of anilines is 1. The van der Waals surface area contributed by atoms with Crippen molar-refractivity contribution in [2.75, 3.05) is 12.4 Å². The van der Waals surface area contributed by atoms with Crippen molar-refractivity contribution >= 4 is 11.6 Å². The lowest BCUT2D eigenvalue weighted by molar-refractivity contribution is -0.124. The van der Waals surface area contributed by atoms with Crippen molar-refractivity contribution in [2.24, 2.45) is 0 Å². The van der Waals surface area contributed by atoms with E-state index < -0.39 is 6.10 Å². The Hall–Kier alpha value is -2.21. The summed E-state index contributed by atoms with van der Waals surface area (Å²) in [5.74, 6) is 0.470. The third-order valence-electron chi connectivity index (χ3n) is 2.54. The standard InChI is InChI=1S/C12H14N4O2/c1-8(18-2)12(17)15-10-5-3-4-9(6-10)11-13-7-14-16-11/h3-8H,1-2H3,(H,15,17)(H,13,14,16). The number of nitrogens with one attached hydrogen (secondary N) is 2. The zero-order chi connectivity index (χ0) is 13.0. The maximum atomic E-state index is 11.7. The molecule has 94 valence electrons. The summed E-state index contributed by atoms with van der Waals surface area (Å²) in [5.41, 5.74) is 1.55. The summed E-state index contributed by atoms with van der Waals surface area (Å²) in [6.45, 7) is 1.69. The number of ether oxygens (including phenoxy) is 1. The second-order valence-corrected chi connectivity index (χ2v) is 3.78. The molecule has 0 bridgehead atoms. The van der Waals surface area contributed by atoms with Crippen LogP contribution in [-0.2, 0) is 9.53 Å². The SMILES string of the molecule is COC(C)C(=O)Nc1cccc(-c2ncn[nH]2)c1. The molecular weight excluding hydrogens is 232 g/mol. The Labute approximate surface area is 104 Å². The van der Waals surface area contributed by atoms with Crippen LogP contribution in [0.2, 0.25) is 0 Å². The zero-order valence-electron chi connectivity index (χ0n) is 10.2. The van der Waals surface area contributed by atoms with Crippen LogP contribution < -0.4 is 5.32 Å². The van der Waals surface area contributed by atoms with Crippen molar-refractivity contribution in [3.63, 3.8) is 0 Å². The molecule has 1 heterocycles. The molecule has 6 nitrogen and oxygen atoms in total. The van der Waals surface area contributed by atoms with Gasteiger partial charge in [-0.25, -0.2) is 4.98 Å². The number of carbonyl (C=O) groups excluding carboxylic acids is 1. The van der Waals surface area contributed by atoms with Gasteiger partial charge in [0.25, 0.3) is 5.91 Å². The van der Waals surface area contributed by atoms with Gasteiger partial charge >= 0.3 is 0 Å². The average molecular weight is 246 g/mol. The molecule has 2 N–H and O–H groups in total. The Morgan fingerprint density at radius 1 is 1.50 bits per heavy atom. The first kappa shape index (κ1) is 12.3. The van der Waals surface area contributed by atoms with Crippen molar-refractivity contribution in [3.8, 4) is 11.4 Å². The number of methoxy groups -OCH3 is 1. The second kappa shape index (κ2) is 5.42. The molecular formula is C12H14N4O2. The maximum Gasteiger partial charge on any atom is 0.253 e. The minimum Gasteiger partial charge on any atom is -0.372 e. The first-order chi connectivity index (χ1) is 8.70. The summed E-state index contributed by atoms with van der Waals surface area (Å²) in [6, 6.07) is 7.35. The molecule has 0 fully saturated rings. The van der Waals surface area contributed by atoms with Gasteiger partial charge in [0.15, 0.2) is 5.82 Å². The lowest BCUT2D eigenvalue weighted by atomic mass is 10.2. The molecule has 0 radical (unpaired) electrons. The molecule has 0 saturated heterocycles. The number of benzene rings is 1. The number of carbonyl (C=O) groups is 1. The van der Waals surface area contributed by atoms with Crippen molar-refractivity contribution in [1.82, 2.24) is 15.2 Å². The summed E-state index contributed by atoms with van der Waals surface area (Å²) in [4.78, 5) is 15.7. The molecule has 1 aromatic carbocycles. The van der Waals surface area contributed by atoms with Gasteiger partial charge in [0, 0.05) is 18.4 Å². The van der Waals surface area contributed by atoms with Crippen LogP contribution in [0, 0.1) is 0 Å². The molecule has 0 saturated carbocycles. The van der Waals surface area contributed by atoms with Crippen LogP contribution >= 0.6 is 0 Å². The van der Waals surface area contributed by atoms with Crippen molar-refractivity contribution in [1.29, 1.82) is 0 Å². The van der Waals surface area contributed by atoms with E-state index in [1.54, 1.807) is 13.0 Å². The molecule has 0 aliphatic rings. The zero-order valence-corrected chi connectivity index (χ0v) is 10.2. The Morgan fingerprint density at radius 3 is 3.00 bits per heavy atom. The molecule has 2 aromatic rings. The molecule has 2 rings (SSSR count). The van der Waals surface area contributed by atoms with Crippen LogP contribution in [-0.4, -0.2) is 34.3 Å². The Kier molecular flexibility index (Phi) is 3.69. The molecule has 6 heteroatoms. The maximum absolute atomic E-state index is 11.7. The van der Waals surface area contributed by atoms with Crippen LogP contribution in [0.25, 0.3) is 11.4 Å². The highest BCUT2D eigenvalue weighted by Crippen LogP contribution is 2.18. The molecule has 0 aliphatic carbocycles. The minimum absolute atomic E-state index is 0.188. The topological polar surface area (TPSA) is 79.9 Å². The van der Waals surface area contributed by atoms with E-state index in [0.717, 1.165) is 5.56 Å². The summed E-state index contributed by atoms with van der Waals surface area (Å²) >= 11 is 0. The predicted molar refractivity (Wildman–Crippen MR) is 66.9 cm³/mol. The molecule has 1 atom stereocenters. The summed E-state index contributed by atoms with van der Waals surface area (Å²) in [6.07, 6.45) is 0.951. The number of aromatic nitrogens is 3. The quantitative estimate of drug-likeness (QED) is 0.855. The lowest BCUT2D eigenvalue weighted by Gasteiger charge is -2.10. The number of hydrogen-bond donors (Lipinski definition) is 2. The summed E-state index contributed by atoms with van der Waals surface area (Å²) < 4.78 is 4.95. The lowest BCUT2D eigenvalue weighted by Crippen LogP contribution is -2.26. The van der Waals surface area contributed by atoms with Crippen LogP contribution in [0.3, 0.4) is 0 Å². The number of H-pyrrole nitrogens is 1. The van der Waals surface area contributed by atoms with Gasteiger partial charge in [0.05, 0.1) is 0 Å². The van der Waals surface area contributed by atoms with E-state index in [2.05, 4.69) is 20.5 Å². The van der Waals surface area contributed by atoms with E-state index in [9.17, 15) is 4.79 Å². The third-order valence-corrected chi connectivity index (χ3v) is 2.54. The molecule has 1 amide bonds. The molecule has 1 aromatic heterocycles. The smallest absolute Gasteiger partial charge is 0.253 e.